The Balaban J connectivity index is 0.000000232. The summed E-state index contributed by atoms with van der Waals surface area (Å²) in [6.45, 7) is 0. The summed E-state index contributed by atoms with van der Waals surface area (Å²) >= 11 is 0. The maximum atomic E-state index is 10.7. The maximum absolute atomic E-state index is 10.7. The first-order valence-electron chi connectivity index (χ1n) is 4.68. The Hall–Kier alpha value is -2.83. The number of carboxylic acids is 3. The van der Waals surface area contributed by atoms with Crippen molar-refractivity contribution in [2.75, 3.05) is 0 Å². The molecule has 2 heterocycles. The fourth-order valence-corrected chi connectivity index (χ4v) is 1.24. The molecule has 0 spiro atoms. The molecule has 0 amide bonds. The van der Waals surface area contributed by atoms with E-state index < -0.39 is 17.9 Å². The molecule has 0 aliphatic heterocycles. The van der Waals surface area contributed by atoms with Crippen LogP contribution in [0.4, 0.5) is 0 Å². The summed E-state index contributed by atoms with van der Waals surface area (Å²) in [5, 5.41) is 23.5. The molecule has 0 saturated heterocycles. The van der Waals surface area contributed by atoms with Gasteiger partial charge in [0, 0.05) is 12.4 Å². The van der Waals surface area contributed by atoms with Gasteiger partial charge in [-0.15, -0.1) is 0 Å². The van der Waals surface area contributed by atoms with E-state index in [1.807, 2.05) is 18.3 Å². The Labute approximate surface area is 101 Å². The highest BCUT2D eigenvalue weighted by atomic mass is 16.4. The molecule has 94 valence electrons. The van der Waals surface area contributed by atoms with Crippen molar-refractivity contribution in [2.24, 2.45) is 0 Å². The summed E-state index contributed by atoms with van der Waals surface area (Å²) in [6, 6.07) is 7.06. The number of nitrogens with zero attached hydrogens (tertiary/aromatic N) is 1. The topological polar surface area (TPSA) is 116 Å². The Morgan fingerprint density at radius 2 is 1.50 bits per heavy atom. The van der Waals surface area contributed by atoms with Crippen molar-refractivity contribution in [2.45, 2.75) is 0 Å². The number of hydrogen-bond donors (Lipinski definition) is 3. The minimum absolute atomic E-state index is 0.343. The Morgan fingerprint density at radius 3 is 2.00 bits per heavy atom. The molecular weight excluding hydrogens is 242 g/mol. The molecule has 0 atom stereocenters. The van der Waals surface area contributed by atoms with Crippen molar-refractivity contribution in [3.8, 4) is 0 Å². The van der Waals surface area contributed by atoms with E-state index in [0.29, 0.717) is 5.56 Å². The van der Waals surface area contributed by atoms with Crippen LogP contribution in [0.5, 0.6) is 0 Å². The van der Waals surface area contributed by atoms with Crippen molar-refractivity contribution in [1.82, 2.24) is 4.40 Å². The van der Waals surface area contributed by atoms with Crippen LogP contribution in [0.15, 0.2) is 36.7 Å². The lowest BCUT2D eigenvalue weighted by molar-refractivity contribution is -0.159. The number of carbonyl (C=O) groups is 3. The number of rotatable bonds is 1. The summed E-state index contributed by atoms with van der Waals surface area (Å²) in [7, 11) is 0. The van der Waals surface area contributed by atoms with E-state index in [4.69, 9.17) is 24.9 Å². The van der Waals surface area contributed by atoms with Gasteiger partial charge in [-0.1, -0.05) is 6.07 Å². The Kier molecular flexibility index (Phi) is 4.03. The van der Waals surface area contributed by atoms with Gasteiger partial charge >= 0.3 is 17.9 Å². The molecule has 0 aliphatic rings. The largest absolute Gasteiger partial charge is 0.478 e. The van der Waals surface area contributed by atoms with Gasteiger partial charge in [-0.05, 0) is 18.2 Å². The quantitative estimate of drug-likeness (QED) is 0.645. The van der Waals surface area contributed by atoms with Crippen LogP contribution < -0.4 is 0 Å². The molecule has 0 saturated carbocycles. The highest BCUT2D eigenvalue weighted by Gasteiger charge is 2.07. The van der Waals surface area contributed by atoms with Crippen molar-refractivity contribution in [1.29, 1.82) is 0 Å². The molecule has 0 fully saturated rings. The highest BCUT2D eigenvalue weighted by molar-refractivity contribution is 6.27. The van der Waals surface area contributed by atoms with Gasteiger partial charge in [0.05, 0.1) is 11.1 Å². The first kappa shape index (κ1) is 13.2. The fraction of sp³-hybridized carbons (Fsp3) is 0. The Morgan fingerprint density at radius 1 is 0.889 bits per heavy atom. The molecule has 7 nitrogen and oxygen atoms in total. The zero-order valence-corrected chi connectivity index (χ0v) is 8.98. The number of aliphatic carboxylic acids is 2. The van der Waals surface area contributed by atoms with E-state index in [9.17, 15) is 4.79 Å². The van der Waals surface area contributed by atoms with Crippen LogP contribution in [-0.4, -0.2) is 37.6 Å². The van der Waals surface area contributed by atoms with Crippen LogP contribution in [0.1, 0.15) is 10.4 Å². The van der Waals surface area contributed by atoms with Gasteiger partial charge in [-0.2, -0.15) is 0 Å². The second kappa shape index (κ2) is 5.48. The number of aromatic nitrogens is 1. The molecule has 3 N–H and O–H groups in total. The number of pyridine rings is 1. The first-order valence-corrected chi connectivity index (χ1v) is 4.68. The molecule has 18 heavy (non-hydrogen) atoms. The van der Waals surface area contributed by atoms with Crippen LogP contribution in [0, 0.1) is 0 Å². The van der Waals surface area contributed by atoms with Crippen LogP contribution in [0.25, 0.3) is 5.52 Å². The molecule has 2 aromatic heterocycles. The number of fused-ring (bicyclic) bond motifs is 1. The average Bonchev–Trinajstić information content (AvgIpc) is 2.73. The van der Waals surface area contributed by atoms with Crippen molar-refractivity contribution in [3.05, 3.63) is 42.2 Å². The SMILES string of the molecule is O=C(O)C(=O)O.O=C(O)c1ccn2ccccc12. The van der Waals surface area contributed by atoms with E-state index in [1.54, 1.807) is 22.7 Å². The van der Waals surface area contributed by atoms with E-state index in [1.165, 1.54) is 0 Å². The molecule has 0 radical (unpaired) electrons. The van der Waals surface area contributed by atoms with Gasteiger partial charge in [-0.3, -0.25) is 0 Å². The summed E-state index contributed by atoms with van der Waals surface area (Å²) < 4.78 is 1.78. The van der Waals surface area contributed by atoms with E-state index >= 15 is 0 Å². The van der Waals surface area contributed by atoms with Crippen LogP contribution >= 0.6 is 0 Å². The summed E-state index contributed by atoms with van der Waals surface area (Å²) in [4.78, 5) is 28.9. The predicted molar refractivity (Wildman–Crippen MR) is 59.6 cm³/mol. The molecular formula is C11H9NO6. The Bertz CT molecular complexity index is 588. The van der Waals surface area contributed by atoms with Crippen LogP contribution in [-0.2, 0) is 9.59 Å². The highest BCUT2D eigenvalue weighted by Crippen LogP contribution is 2.11. The van der Waals surface area contributed by atoms with Gasteiger partial charge in [0.2, 0.25) is 0 Å². The second-order valence-electron chi connectivity index (χ2n) is 3.14. The van der Waals surface area contributed by atoms with Gasteiger partial charge < -0.3 is 19.7 Å². The van der Waals surface area contributed by atoms with Crippen LogP contribution in [0.3, 0.4) is 0 Å². The number of hydrogen-bond acceptors (Lipinski definition) is 3. The molecule has 0 aromatic carbocycles. The maximum Gasteiger partial charge on any atom is 0.414 e. The van der Waals surface area contributed by atoms with Crippen LogP contribution in [0.2, 0.25) is 0 Å². The fourth-order valence-electron chi connectivity index (χ4n) is 1.24. The summed E-state index contributed by atoms with van der Waals surface area (Å²) in [5.74, 6) is -4.53. The second-order valence-corrected chi connectivity index (χ2v) is 3.14. The zero-order chi connectivity index (χ0) is 13.7. The van der Waals surface area contributed by atoms with E-state index in [-0.39, 0.29) is 0 Å². The molecule has 2 aromatic rings. The molecule has 2 rings (SSSR count). The van der Waals surface area contributed by atoms with E-state index in [2.05, 4.69) is 0 Å². The van der Waals surface area contributed by atoms with Gasteiger partial charge in [0.1, 0.15) is 0 Å². The predicted octanol–water partition coefficient (Wildman–Crippen LogP) is 0.793. The van der Waals surface area contributed by atoms with Gasteiger partial charge in [0.15, 0.2) is 0 Å². The van der Waals surface area contributed by atoms with Gasteiger partial charge in [0.25, 0.3) is 0 Å². The normalized spacial score (nSPS) is 9.33. The standard InChI is InChI=1S/C9H7NO2.C2H2O4/c11-9(12)7-4-6-10-5-2-1-3-8(7)10;3-1(4)2(5)6/h1-6H,(H,11,12);(H,3,4)(H,5,6). The third kappa shape index (κ3) is 3.08. The van der Waals surface area contributed by atoms with Crippen molar-refractivity contribution in [3.63, 3.8) is 0 Å². The summed E-state index contributed by atoms with van der Waals surface area (Å²) in [5.41, 5.74) is 1.07. The third-order valence-electron chi connectivity index (χ3n) is 1.98. The van der Waals surface area contributed by atoms with E-state index in [0.717, 1.165) is 5.52 Å². The molecule has 7 heteroatoms. The first-order chi connectivity index (χ1) is 8.43. The summed E-state index contributed by atoms with van der Waals surface area (Å²) in [6.07, 6.45) is 3.56. The van der Waals surface area contributed by atoms with Crippen molar-refractivity contribution >= 4 is 23.4 Å². The lowest BCUT2D eigenvalue weighted by atomic mass is 10.2. The van der Waals surface area contributed by atoms with Gasteiger partial charge in [-0.25, -0.2) is 14.4 Å². The monoisotopic (exact) mass is 251 g/mol. The average molecular weight is 251 g/mol. The third-order valence-corrected chi connectivity index (χ3v) is 1.98. The lowest BCUT2D eigenvalue weighted by Gasteiger charge is -1.93. The zero-order valence-electron chi connectivity index (χ0n) is 8.98. The lowest BCUT2D eigenvalue weighted by Crippen LogP contribution is -2.09. The number of aromatic carboxylic acids is 1. The molecule has 0 unspecified atom stereocenters. The molecule has 0 aliphatic carbocycles. The minimum Gasteiger partial charge on any atom is -0.478 e. The smallest absolute Gasteiger partial charge is 0.414 e. The number of carboxylic acid groups (broad SMARTS) is 3. The van der Waals surface area contributed by atoms with Crippen molar-refractivity contribution < 1.29 is 29.7 Å². The minimum atomic E-state index is -1.82. The molecule has 0 bridgehead atoms.